The maximum absolute atomic E-state index is 12.4. The van der Waals surface area contributed by atoms with Gasteiger partial charge in [-0.05, 0) is 43.3 Å². The number of benzene rings is 2. The van der Waals surface area contributed by atoms with Crippen LogP contribution in [-0.4, -0.2) is 16.7 Å². The van der Waals surface area contributed by atoms with Gasteiger partial charge in [0.1, 0.15) is 0 Å². The Morgan fingerprint density at radius 2 is 1.86 bits per heavy atom. The van der Waals surface area contributed by atoms with E-state index in [0.717, 1.165) is 0 Å². The molecule has 3 rings (SSSR count). The quantitative estimate of drug-likeness (QED) is 0.478. The molecule has 0 aliphatic rings. The van der Waals surface area contributed by atoms with E-state index in [1.807, 2.05) is 0 Å². The van der Waals surface area contributed by atoms with Gasteiger partial charge in [-0.3, -0.25) is 19.7 Å². The highest BCUT2D eigenvalue weighted by molar-refractivity contribution is 6.34. The first-order valence-electron chi connectivity index (χ1n) is 8.06. The number of amides is 2. The summed E-state index contributed by atoms with van der Waals surface area (Å²) in [7, 11) is 0. The Morgan fingerprint density at radius 1 is 1.07 bits per heavy atom. The van der Waals surface area contributed by atoms with E-state index in [-0.39, 0.29) is 22.0 Å². The highest BCUT2D eigenvalue weighted by Crippen LogP contribution is 2.27. The number of nitro groups is 1. The third-order valence-electron chi connectivity index (χ3n) is 3.89. The van der Waals surface area contributed by atoms with Crippen LogP contribution in [0.3, 0.4) is 0 Å². The van der Waals surface area contributed by atoms with Crippen molar-refractivity contribution < 1.29 is 18.9 Å². The van der Waals surface area contributed by atoms with Crippen molar-refractivity contribution in [3.05, 3.63) is 86.8 Å². The van der Waals surface area contributed by atoms with Crippen molar-refractivity contribution in [3.8, 4) is 0 Å². The van der Waals surface area contributed by atoms with E-state index in [0.29, 0.717) is 16.9 Å². The van der Waals surface area contributed by atoms with Gasteiger partial charge in [-0.2, -0.15) is 0 Å². The molecule has 0 saturated carbocycles. The molecule has 0 fully saturated rings. The molecule has 0 aliphatic heterocycles. The SMILES string of the molecule is Cc1ccc(C(=O)Nc2ccc(NC(=O)c3ccco3)c(Cl)c2)cc1[N+](=O)[O-]. The van der Waals surface area contributed by atoms with Gasteiger partial charge in [0.05, 0.1) is 21.9 Å². The zero-order valence-electron chi connectivity index (χ0n) is 14.6. The molecule has 142 valence electrons. The number of carbonyl (C=O) groups excluding carboxylic acids is 2. The highest BCUT2D eigenvalue weighted by atomic mass is 35.5. The molecule has 0 bridgehead atoms. The molecule has 28 heavy (non-hydrogen) atoms. The normalized spacial score (nSPS) is 10.4. The van der Waals surface area contributed by atoms with E-state index in [2.05, 4.69) is 10.6 Å². The van der Waals surface area contributed by atoms with Crippen molar-refractivity contribution in [2.75, 3.05) is 10.6 Å². The van der Waals surface area contributed by atoms with Gasteiger partial charge in [-0.25, -0.2) is 0 Å². The predicted octanol–water partition coefficient (Wildman–Crippen LogP) is 4.65. The molecule has 1 heterocycles. The van der Waals surface area contributed by atoms with Gasteiger partial charge in [0.15, 0.2) is 5.76 Å². The number of hydrogen-bond donors (Lipinski definition) is 2. The number of rotatable bonds is 5. The zero-order valence-corrected chi connectivity index (χ0v) is 15.3. The lowest BCUT2D eigenvalue weighted by molar-refractivity contribution is -0.385. The van der Waals surface area contributed by atoms with E-state index in [1.54, 1.807) is 19.1 Å². The number of hydrogen-bond acceptors (Lipinski definition) is 5. The minimum absolute atomic E-state index is 0.134. The fourth-order valence-electron chi connectivity index (χ4n) is 2.44. The molecule has 2 amide bonds. The Balaban J connectivity index is 1.74. The number of carbonyl (C=O) groups is 2. The summed E-state index contributed by atoms with van der Waals surface area (Å²) >= 11 is 6.17. The van der Waals surface area contributed by atoms with Crippen LogP contribution >= 0.6 is 11.6 Å². The second-order valence-corrected chi connectivity index (χ2v) is 6.25. The van der Waals surface area contributed by atoms with Gasteiger partial charge in [0, 0.05) is 22.9 Å². The van der Waals surface area contributed by atoms with Gasteiger partial charge >= 0.3 is 0 Å². The van der Waals surface area contributed by atoms with Crippen molar-refractivity contribution >= 4 is 40.5 Å². The zero-order chi connectivity index (χ0) is 20.3. The van der Waals surface area contributed by atoms with Gasteiger partial charge in [-0.15, -0.1) is 0 Å². The number of nitrogens with one attached hydrogen (secondary N) is 2. The van der Waals surface area contributed by atoms with E-state index >= 15 is 0 Å². The van der Waals surface area contributed by atoms with Crippen molar-refractivity contribution in [1.82, 2.24) is 0 Å². The van der Waals surface area contributed by atoms with E-state index in [9.17, 15) is 19.7 Å². The number of halogens is 1. The number of anilines is 2. The summed E-state index contributed by atoms with van der Waals surface area (Å²) in [5.41, 5.74) is 1.17. The second-order valence-electron chi connectivity index (χ2n) is 5.84. The minimum Gasteiger partial charge on any atom is -0.459 e. The van der Waals surface area contributed by atoms with Crippen LogP contribution in [0.2, 0.25) is 5.02 Å². The van der Waals surface area contributed by atoms with Crippen LogP contribution in [0.25, 0.3) is 0 Å². The summed E-state index contributed by atoms with van der Waals surface area (Å²) in [6.07, 6.45) is 1.38. The average Bonchev–Trinajstić information content (AvgIpc) is 3.19. The molecule has 0 atom stereocenters. The van der Waals surface area contributed by atoms with E-state index < -0.39 is 16.7 Å². The minimum atomic E-state index is -0.542. The lowest BCUT2D eigenvalue weighted by Crippen LogP contribution is -2.13. The van der Waals surface area contributed by atoms with Crippen LogP contribution in [0.1, 0.15) is 26.5 Å². The maximum atomic E-state index is 12.4. The van der Waals surface area contributed by atoms with Gasteiger partial charge in [-0.1, -0.05) is 17.7 Å². The monoisotopic (exact) mass is 399 g/mol. The number of nitrogens with zero attached hydrogens (tertiary/aromatic N) is 1. The Labute approximate surface area is 164 Å². The first-order valence-corrected chi connectivity index (χ1v) is 8.44. The van der Waals surface area contributed by atoms with Crippen molar-refractivity contribution in [2.45, 2.75) is 6.92 Å². The van der Waals surface area contributed by atoms with Crippen LogP contribution in [-0.2, 0) is 0 Å². The first kappa shape index (κ1) is 19.1. The molecule has 9 heteroatoms. The number of nitro benzene ring substituents is 1. The Morgan fingerprint density at radius 3 is 2.50 bits per heavy atom. The summed E-state index contributed by atoms with van der Waals surface area (Å²) in [4.78, 5) is 34.9. The summed E-state index contributed by atoms with van der Waals surface area (Å²) < 4.78 is 5.01. The predicted molar refractivity (Wildman–Crippen MR) is 104 cm³/mol. The molecule has 0 spiro atoms. The fourth-order valence-corrected chi connectivity index (χ4v) is 2.66. The molecule has 2 N–H and O–H groups in total. The van der Waals surface area contributed by atoms with E-state index in [4.69, 9.17) is 16.0 Å². The van der Waals surface area contributed by atoms with Crippen molar-refractivity contribution in [2.24, 2.45) is 0 Å². The summed E-state index contributed by atoms with van der Waals surface area (Å²) in [6.45, 7) is 1.59. The maximum Gasteiger partial charge on any atom is 0.291 e. The average molecular weight is 400 g/mol. The molecule has 0 radical (unpaired) electrons. The smallest absolute Gasteiger partial charge is 0.291 e. The third kappa shape index (κ3) is 4.18. The van der Waals surface area contributed by atoms with Crippen LogP contribution in [0.5, 0.6) is 0 Å². The highest BCUT2D eigenvalue weighted by Gasteiger charge is 2.16. The molecule has 1 aromatic heterocycles. The second kappa shape index (κ2) is 7.93. The Hall–Kier alpha value is -3.65. The molecule has 0 aliphatic carbocycles. The largest absolute Gasteiger partial charge is 0.459 e. The fraction of sp³-hybridized carbons (Fsp3) is 0.0526. The summed E-state index contributed by atoms with van der Waals surface area (Å²) in [5.74, 6) is -0.850. The van der Waals surface area contributed by atoms with Crippen LogP contribution in [0.15, 0.2) is 59.2 Å². The lowest BCUT2D eigenvalue weighted by Gasteiger charge is -2.10. The molecule has 3 aromatic rings. The molecule has 0 unspecified atom stereocenters. The summed E-state index contributed by atoms with van der Waals surface area (Å²) in [5, 5.41) is 16.4. The molecular weight excluding hydrogens is 386 g/mol. The Kier molecular flexibility index (Phi) is 5.42. The summed E-state index contributed by atoms with van der Waals surface area (Å²) in [6, 6.07) is 11.8. The van der Waals surface area contributed by atoms with Gasteiger partial charge < -0.3 is 15.1 Å². The third-order valence-corrected chi connectivity index (χ3v) is 4.20. The number of furan rings is 1. The topological polar surface area (TPSA) is 114 Å². The van der Waals surface area contributed by atoms with Crippen molar-refractivity contribution in [1.29, 1.82) is 0 Å². The Bertz CT molecular complexity index is 1060. The molecular formula is C19H14ClN3O5. The van der Waals surface area contributed by atoms with Crippen molar-refractivity contribution in [3.63, 3.8) is 0 Å². The van der Waals surface area contributed by atoms with Crippen LogP contribution < -0.4 is 10.6 Å². The first-order chi connectivity index (χ1) is 13.3. The molecule has 8 nitrogen and oxygen atoms in total. The van der Waals surface area contributed by atoms with Gasteiger partial charge in [0.2, 0.25) is 0 Å². The van der Waals surface area contributed by atoms with Crippen LogP contribution in [0, 0.1) is 17.0 Å². The van der Waals surface area contributed by atoms with Crippen LogP contribution in [0.4, 0.5) is 17.1 Å². The molecule has 0 saturated heterocycles. The molecule has 2 aromatic carbocycles. The standard InChI is InChI=1S/C19H14ClN3O5/c1-11-4-5-12(9-16(11)23(26)27)18(24)21-13-6-7-15(14(20)10-13)22-19(25)17-3-2-8-28-17/h2-10H,1H3,(H,21,24)(H,22,25). The number of aryl methyl sites for hydroxylation is 1. The van der Waals surface area contributed by atoms with E-state index in [1.165, 1.54) is 42.7 Å². The van der Waals surface area contributed by atoms with Gasteiger partial charge in [0.25, 0.3) is 17.5 Å². The lowest BCUT2D eigenvalue weighted by atomic mass is 10.1.